The van der Waals surface area contributed by atoms with Crippen LogP contribution in [-0.4, -0.2) is 13.1 Å². The summed E-state index contributed by atoms with van der Waals surface area (Å²) in [6.07, 6.45) is 2.54. The monoisotopic (exact) mass is 272 g/mol. The molecule has 4 nitrogen and oxygen atoms in total. The first kappa shape index (κ1) is 14.7. The van der Waals surface area contributed by atoms with Crippen LogP contribution in [0.15, 0.2) is 17.2 Å². The predicted octanol–water partition coefficient (Wildman–Crippen LogP) is 5.48. The van der Waals surface area contributed by atoms with E-state index in [1.54, 1.807) is 0 Å². The van der Waals surface area contributed by atoms with Gasteiger partial charge in [-0.2, -0.15) is 0 Å². The SMILES string of the molecule is CC(C)c1cc(N2CCCC2)cc(C(C)C)c1N=[N+]=[N-]. The molecular weight excluding hydrogens is 248 g/mol. The van der Waals surface area contributed by atoms with Crippen molar-refractivity contribution >= 4 is 11.4 Å². The summed E-state index contributed by atoms with van der Waals surface area (Å²) >= 11 is 0. The minimum absolute atomic E-state index is 0.357. The number of hydrogen-bond donors (Lipinski definition) is 0. The molecule has 1 heterocycles. The third-order valence-corrected chi connectivity index (χ3v) is 4.01. The Bertz CT molecular complexity index is 492. The van der Waals surface area contributed by atoms with Gasteiger partial charge in [0.2, 0.25) is 0 Å². The zero-order valence-electron chi connectivity index (χ0n) is 12.9. The van der Waals surface area contributed by atoms with Gasteiger partial charge in [-0.1, -0.05) is 32.8 Å². The Balaban J connectivity index is 2.59. The van der Waals surface area contributed by atoms with E-state index < -0.39 is 0 Å². The van der Waals surface area contributed by atoms with E-state index in [2.05, 4.69) is 54.8 Å². The molecule has 1 aliphatic heterocycles. The largest absolute Gasteiger partial charge is 0.372 e. The Morgan fingerprint density at radius 2 is 1.55 bits per heavy atom. The fraction of sp³-hybridized carbons (Fsp3) is 0.625. The Morgan fingerprint density at radius 1 is 1.05 bits per heavy atom. The van der Waals surface area contributed by atoms with Gasteiger partial charge in [-0.05, 0) is 53.5 Å². The molecule has 0 unspecified atom stereocenters. The topological polar surface area (TPSA) is 52.0 Å². The van der Waals surface area contributed by atoms with E-state index >= 15 is 0 Å². The van der Waals surface area contributed by atoms with Crippen LogP contribution in [0.1, 0.15) is 63.5 Å². The van der Waals surface area contributed by atoms with Gasteiger partial charge in [-0.15, -0.1) is 0 Å². The third kappa shape index (κ3) is 2.91. The Labute approximate surface area is 121 Å². The van der Waals surface area contributed by atoms with Gasteiger partial charge in [0.15, 0.2) is 0 Å². The van der Waals surface area contributed by atoms with Gasteiger partial charge in [0.1, 0.15) is 0 Å². The third-order valence-electron chi connectivity index (χ3n) is 4.01. The van der Waals surface area contributed by atoms with Gasteiger partial charge in [0.05, 0.1) is 0 Å². The van der Waals surface area contributed by atoms with E-state index in [0.29, 0.717) is 11.8 Å². The van der Waals surface area contributed by atoms with Crippen molar-refractivity contribution in [1.29, 1.82) is 0 Å². The van der Waals surface area contributed by atoms with E-state index in [1.807, 2.05) is 0 Å². The molecule has 1 fully saturated rings. The smallest absolute Gasteiger partial charge is 0.0446 e. The molecule has 1 saturated heterocycles. The highest BCUT2D eigenvalue weighted by molar-refractivity contribution is 5.65. The number of nitrogens with zero attached hydrogens (tertiary/aromatic N) is 4. The van der Waals surface area contributed by atoms with Crippen LogP contribution in [0.2, 0.25) is 0 Å². The highest BCUT2D eigenvalue weighted by atomic mass is 15.2. The summed E-state index contributed by atoms with van der Waals surface area (Å²) in [6, 6.07) is 4.43. The molecule has 2 rings (SSSR count). The van der Waals surface area contributed by atoms with Crippen molar-refractivity contribution in [2.24, 2.45) is 5.11 Å². The predicted molar refractivity (Wildman–Crippen MR) is 84.9 cm³/mol. The van der Waals surface area contributed by atoms with Crippen molar-refractivity contribution in [2.75, 3.05) is 18.0 Å². The lowest BCUT2D eigenvalue weighted by Crippen LogP contribution is -2.18. The molecule has 0 atom stereocenters. The van der Waals surface area contributed by atoms with Crippen molar-refractivity contribution in [1.82, 2.24) is 0 Å². The molecule has 20 heavy (non-hydrogen) atoms. The van der Waals surface area contributed by atoms with E-state index in [1.165, 1.54) is 18.5 Å². The van der Waals surface area contributed by atoms with Crippen molar-refractivity contribution in [2.45, 2.75) is 52.4 Å². The molecule has 0 saturated carbocycles. The lowest BCUT2D eigenvalue weighted by molar-refractivity contribution is 0.828. The Hall–Kier alpha value is -1.67. The van der Waals surface area contributed by atoms with Crippen LogP contribution in [0.25, 0.3) is 10.4 Å². The second-order valence-electron chi connectivity index (χ2n) is 6.17. The zero-order chi connectivity index (χ0) is 14.7. The second-order valence-corrected chi connectivity index (χ2v) is 6.17. The number of azide groups is 1. The number of rotatable bonds is 4. The minimum atomic E-state index is 0.357. The molecule has 1 aromatic carbocycles. The van der Waals surface area contributed by atoms with Crippen molar-refractivity contribution < 1.29 is 0 Å². The Kier molecular flexibility index (Phi) is 4.56. The first-order valence-corrected chi connectivity index (χ1v) is 7.52. The first-order chi connectivity index (χ1) is 9.54. The van der Waals surface area contributed by atoms with Gasteiger partial charge >= 0.3 is 0 Å². The van der Waals surface area contributed by atoms with E-state index in [9.17, 15) is 0 Å². The molecule has 0 aromatic heterocycles. The van der Waals surface area contributed by atoms with E-state index in [-0.39, 0.29) is 0 Å². The Morgan fingerprint density at radius 3 is 1.95 bits per heavy atom. The maximum atomic E-state index is 8.86. The van der Waals surface area contributed by atoms with E-state index in [0.717, 1.165) is 29.9 Å². The van der Waals surface area contributed by atoms with Gasteiger partial charge in [-0.3, -0.25) is 0 Å². The molecule has 0 radical (unpaired) electrons. The summed E-state index contributed by atoms with van der Waals surface area (Å²) in [7, 11) is 0. The van der Waals surface area contributed by atoms with Gasteiger partial charge < -0.3 is 4.90 Å². The molecular formula is C16H24N4. The summed E-state index contributed by atoms with van der Waals surface area (Å²) in [5.74, 6) is 0.714. The van der Waals surface area contributed by atoms with E-state index in [4.69, 9.17) is 5.53 Å². The van der Waals surface area contributed by atoms with Crippen molar-refractivity contribution in [3.8, 4) is 0 Å². The van der Waals surface area contributed by atoms with Crippen LogP contribution in [0.4, 0.5) is 11.4 Å². The van der Waals surface area contributed by atoms with Gasteiger partial charge in [0.25, 0.3) is 0 Å². The summed E-state index contributed by atoms with van der Waals surface area (Å²) in [6.45, 7) is 10.9. The fourth-order valence-corrected chi connectivity index (χ4v) is 2.86. The van der Waals surface area contributed by atoms with Crippen LogP contribution in [0.3, 0.4) is 0 Å². The molecule has 0 bridgehead atoms. The fourth-order valence-electron chi connectivity index (χ4n) is 2.86. The maximum Gasteiger partial charge on any atom is 0.0446 e. The highest BCUT2D eigenvalue weighted by Gasteiger charge is 2.19. The quantitative estimate of drug-likeness (QED) is 0.407. The zero-order valence-corrected chi connectivity index (χ0v) is 12.9. The van der Waals surface area contributed by atoms with Crippen LogP contribution in [0, 0.1) is 0 Å². The summed E-state index contributed by atoms with van der Waals surface area (Å²) in [5.41, 5.74) is 13.3. The van der Waals surface area contributed by atoms with Crippen LogP contribution in [0.5, 0.6) is 0 Å². The summed E-state index contributed by atoms with van der Waals surface area (Å²) in [4.78, 5) is 5.47. The maximum absolute atomic E-state index is 8.86. The second kappa shape index (κ2) is 6.19. The van der Waals surface area contributed by atoms with Gasteiger partial charge in [0, 0.05) is 29.4 Å². The summed E-state index contributed by atoms with van der Waals surface area (Å²) < 4.78 is 0. The number of anilines is 1. The van der Waals surface area contributed by atoms with Crippen molar-refractivity contribution in [3.05, 3.63) is 33.7 Å². The molecule has 0 spiro atoms. The van der Waals surface area contributed by atoms with Crippen LogP contribution < -0.4 is 4.90 Å². The molecule has 0 amide bonds. The number of benzene rings is 1. The standard InChI is InChI=1S/C16H24N4/c1-11(2)14-9-13(20-7-5-6-8-20)10-15(12(3)4)16(14)18-19-17/h9-12H,5-8H2,1-4H3. The van der Waals surface area contributed by atoms with Crippen molar-refractivity contribution in [3.63, 3.8) is 0 Å². The van der Waals surface area contributed by atoms with Crippen LogP contribution in [-0.2, 0) is 0 Å². The minimum Gasteiger partial charge on any atom is -0.372 e. The highest BCUT2D eigenvalue weighted by Crippen LogP contribution is 2.39. The lowest BCUT2D eigenvalue weighted by Gasteiger charge is -2.24. The summed E-state index contributed by atoms with van der Waals surface area (Å²) in [5, 5.41) is 3.98. The average molecular weight is 272 g/mol. The van der Waals surface area contributed by atoms with Crippen LogP contribution >= 0.6 is 0 Å². The molecule has 1 aromatic rings. The molecule has 4 heteroatoms. The lowest BCUT2D eigenvalue weighted by atomic mass is 9.92. The number of hydrogen-bond acceptors (Lipinski definition) is 2. The first-order valence-electron chi connectivity index (χ1n) is 7.52. The van der Waals surface area contributed by atoms with Gasteiger partial charge in [-0.25, -0.2) is 0 Å². The molecule has 0 aliphatic carbocycles. The normalized spacial score (nSPS) is 15.0. The average Bonchev–Trinajstić information content (AvgIpc) is 2.92. The molecule has 108 valence electrons. The molecule has 1 aliphatic rings. The molecule has 0 N–H and O–H groups in total.